The molecule has 10 atom stereocenters. The highest BCUT2D eigenvalue weighted by molar-refractivity contribution is 5.89. The molecule has 42 heavy (non-hydrogen) atoms. The van der Waals surface area contributed by atoms with Gasteiger partial charge in [-0.2, -0.15) is 0 Å². The Balaban J connectivity index is 1.49. The van der Waals surface area contributed by atoms with Crippen LogP contribution in [0.3, 0.4) is 0 Å². The summed E-state index contributed by atoms with van der Waals surface area (Å²) >= 11 is 0. The molecule has 0 spiro atoms. The Bertz CT molecular complexity index is 1190. The fourth-order valence-corrected chi connectivity index (χ4v) is 9.60. The molecule has 0 aromatic heterocycles. The molecule has 4 unspecified atom stereocenters. The van der Waals surface area contributed by atoms with Crippen molar-refractivity contribution in [3.8, 4) is 0 Å². The summed E-state index contributed by atoms with van der Waals surface area (Å²) < 4.78 is 22.9. The smallest absolute Gasteiger partial charge is 0.409 e. The number of ether oxygens (including phenoxy) is 4. The van der Waals surface area contributed by atoms with Crippen LogP contribution in [0, 0.1) is 40.4 Å². The number of fused-ring (bicyclic) bond motifs is 5. The number of aliphatic hydroxyl groups is 2. The minimum absolute atomic E-state index is 0.0221. The Morgan fingerprint density at radius 3 is 2.33 bits per heavy atom. The molecular weight excluding hydrogens is 538 g/mol. The van der Waals surface area contributed by atoms with E-state index in [-0.39, 0.29) is 42.3 Å². The zero-order valence-corrected chi connectivity index (χ0v) is 25.7. The third kappa shape index (κ3) is 4.68. The van der Waals surface area contributed by atoms with Crippen molar-refractivity contribution < 1.29 is 38.7 Å². The number of hydrogen-bond acceptors (Lipinski definition) is 8. The van der Waals surface area contributed by atoms with Gasteiger partial charge in [0.1, 0.15) is 6.10 Å². The van der Waals surface area contributed by atoms with Crippen molar-refractivity contribution >= 4 is 12.1 Å². The lowest BCUT2D eigenvalue weighted by molar-refractivity contribution is -0.340. The minimum Gasteiger partial charge on any atom is -0.458 e. The van der Waals surface area contributed by atoms with E-state index in [0.717, 1.165) is 25.7 Å². The zero-order valence-electron chi connectivity index (χ0n) is 25.7. The predicted molar refractivity (Wildman–Crippen MR) is 155 cm³/mol. The van der Waals surface area contributed by atoms with Gasteiger partial charge in [-0.3, -0.25) is 0 Å². The standard InChI is InChI=1S/C33H47NO8/c1-20(28(39-5)40-6)24-12-13-25-23-14-17-32(37)18-22(41-27(35)21-10-8-7-9-11-21)19-33(38,42-29(36)34-4)31(32,3)26(23)15-16-30(24,25)2/h7-11,14,17,20,22-26,28,37-38H,12-13,15-16,18-19H2,1-6H3,(H,34,36)/t20?,22?,23-,24+,25-,26-,30+,31+,32?,33?/m0/s1. The molecule has 0 bridgehead atoms. The molecule has 9 heteroatoms. The molecule has 5 rings (SSSR count). The van der Waals surface area contributed by atoms with Gasteiger partial charge >= 0.3 is 12.1 Å². The number of rotatable bonds is 7. The van der Waals surface area contributed by atoms with Crippen molar-refractivity contribution in [3.05, 3.63) is 48.0 Å². The van der Waals surface area contributed by atoms with E-state index in [1.807, 2.05) is 6.92 Å². The average Bonchev–Trinajstić information content (AvgIpc) is 3.32. The van der Waals surface area contributed by atoms with Gasteiger partial charge in [-0.05, 0) is 73.8 Å². The van der Waals surface area contributed by atoms with Crippen LogP contribution in [0.1, 0.15) is 69.7 Å². The summed E-state index contributed by atoms with van der Waals surface area (Å²) in [6.07, 6.45) is 5.58. The van der Waals surface area contributed by atoms with Crippen LogP contribution in [0.2, 0.25) is 0 Å². The highest BCUT2D eigenvalue weighted by atomic mass is 16.7. The first-order valence-electron chi connectivity index (χ1n) is 15.2. The van der Waals surface area contributed by atoms with Crippen LogP contribution in [0.4, 0.5) is 4.79 Å². The number of alkyl carbamates (subject to hydrolysis) is 1. The second kappa shape index (κ2) is 11.2. The van der Waals surface area contributed by atoms with E-state index in [1.54, 1.807) is 50.6 Å². The predicted octanol–water partition coefficient (Wildman–Crippen LogP) is 4.67. The third-order valence-electron chi connectivity index (χ3n) is 11.8. The zero-order chi connectivity index (χ0) is 30.5. The summed E-state index contributed by atoms with van der Waals surface area (Å²) in [7, 11) is 4.80. The maximum atomic E-state index is 13.0. The van der Waals surface area contributed by atoms with E-state index in [9.17, 15) is 19.8 Å². The Hall–Kier alpha value is -2.46. The molecule has 0 saturated heterocycles. The lowest BCUT2D eigenvalue weighted by atomic mass is 9.43. The lowest BCUT2D eigenvalue weighted by Crippen LogP contribution is -2.73. The summed E-state index contributed by atoms with van der Waals surface area (Å²) in [6.45, 7) is 6.41. The van der Waals surface area contributed by atoms with Crippen molar-refractivity contribution in [3.63, 3.8) is 0 Å². The van der Waals surface area contributed by atoms with Gasteiger partial charge < -0.3 is 34.5 Å². The van der Waals surface area contributed by atoms with Gasteiger partial charge in [0.05, 0.1) is 23.0 Å². The number of benzene rings is 1. The second-order valence-corrected chi connectivity index (χ2v) is 13.4. The van der Waals surface area contributed by atoms with E-state index in [0.29, 0.717) is 17.4 Å². The molecule has 1 aromatic carbocycles. The average molecular weight is 586 g/mol. The molecule has 3 fully saturated rings. The number of esters is 1. The normalized spacial score (nSPS) is 41.3. The quantitative estimate of drug-likeness (QED) is 0.240. The SMILES string of the molecule is CNC(=O)OC1(O)CC(OC(=O)c2ccccc2)CC2(O)C=C[C@H]3[C@@H]4CC[C@H](C(C)C(OC)OC)[C@@]4(C)CC[C@@H]3[C@]21C. The maximum absolute atomic E-state index is 13.0. The highest BCUT2D eigenvalue weighted by Gasteiger charge is 2.73. The largest absolute Gasteiger partial charge is 0.458 e. The molecule has 0 aliphatic heterocycles. The van der Waals surface area contributed by atoms with Gasteiger partial charge in [0, 0.05) is 33.6 Å². The summed E-state index contributed by atoms with van der Waals surface area (Å²) in [5.41, 5.74) is -2.43. The fraction of sp³-hybridized carbons (Fsp3) is 0.697. The van der Waals surface area contributed by atoms with Crippen molar-refractivity contribution in [2.24, 2.45) is 40.4 Å². The van der Waals surface area contributed by atoms with Crippen LogP contribution >= 0.6 is 0 Å². The number of allylic oxidation sites excluding steroid dienone is 1. The Morgan fingerprint density at radius 1 is 1.00 bits per heavy atom. The Kier molecular flexibility index (Phi) is 8.28. The molecule has 3 saturated carbocycles. The van der Waals surface area contributed by atoms with Crippen molar-refractivity contribution in [2.75, 3.05) is 21.3 Å². The van der Waals surface area contributed by atoms with E-state index in [2.05, 4.69) is 25.2 Å². The first-order valence-corrected chi connectivity index (χ1v) is 15.2. The molecule has 0 heterocycles. The van der Waals surface area contributed by atoms with E-state index >= 15 is 0 Å². The van der Waals surface area contributed by atoms with Crippen molar-refractivity contribution in [1.29, 1.82) is 0 Å². The third-order valence-corrected chi connectivity index (χ3v) is 11.8. The summed E-state index contributed by atoms with van der Waals surface area (Å²) in [5, 5.41) is 27.2. The maximum Gasteiger partial charge on any atom is 0.409 e. The van der Waals surface area contributed by atoms with Gasteiger partial charge in [0.25, 0.3) is 0 Å². The molecule has 4 aliphatic carbocycles. The molecule has 1 aromatic rings. The van der Waals surface area contributed by atoms with Crippen molar-refractivity contribution in [2.45, 2.75) is 83.1 Å². The van der Waals surface area contributed by atoms with Crippen LogP contribution in [0.15, 0.2) is 42.5 Å². The van der Waals surface area contributed by atoms with Gasteiger partial charge in [-0.25, -0.2) is 9.59 Å². The lowest BCUT2D eigenvalue weighted by Gasteiger charge is -2.65. The second-order valence-electron chi connectivity index (χ2n) is 13.4. The molecule has 232 valence electrons. The topological polar surface area (TPSA) is 124 Å². The molecule has 1 amide bonds. The number of carbonyl (C=O) groups is 2. The van der Waals surface area contributed by atoms with Gasteiger partial charge in [-0.1, -0.05) is 44.2 Å². The minimum atomic E-state index is -2.09. The van der Waals surface area contributed by atoms with E-state index in [4.69, 9.17) is 18.9 Å². The highest BCUT2D eigenvalue weighted by Crippen LogP contribution is 2.69. The van der Waals surface area contributed by atoms with Gasteiger partial charge in [-0.15, -0.1) is 0 Å². The first-order chi connectivity index (χ1) is 19.9. The number of methoxy groups -OCH3 is 2. The van der Waals surface area contributed by atoms with Crippen LogP contribution in [0.5, 0.6) is 0 Å². The molecule has 9 nitrogen and oxygen atoms in total. The molecule has 3 N–H and O–H groups in total. The number of carbonyl (C=O) groups excluding carboxylic acids is 2. The van der Waals surface area contributed by atoms with Crippen molar-refractivity contribution in [1.82, 2.24) is 5.32 Å². The van der Waals surface area contributed by atoms with Gasteiger partial charge in [0.2, 0.25) is 5.79 Å². The number of amides is 1. The van der Waals surface area contributed by atoms with Crippen LogP contribution in [-0.4, -0.2) is 67.3 Å². The fourth-order valence-electron chi connectivity index (χ4n) is 9.60. The Labute approximate surface area is 248 Å². The first kappa shape index (κ1) is 31.0. The molecular formula is C33H47NO8. The van der Waals surface area contributed by atoms with E-state index in [1.165, 1.54) is 7.05 Å². The Morgan fingerprint density at radius 2 is 1.69 bits per heavy atom. The molecule has 0 radical (unpaired) electrons. The van der Waals surface area contributed by atoms with E-state index < -0.39 is 35.0 Å². The molecule has 4 aliphatic rings. The number of hydrogen-bond donors (Lipinski definition) is 3. The van der Waals surface area contributed by atoms with Gasteiger partial charge in [0.15, 0.2) is 6.29 Å². The number of nitrogens with one attached hydrogen (secondary N) is 1. The summed E-state index contributed by atoms with van der Waals surface area (Å²) in [5.74, 6) is -1.84. The van der Waals surface area contributed by atoms with Crippen LogP contribution in [-0.2, 0) is 18.9 Å². The van der Waals surface area contributed by atoms with Crippen LogP contribution < -0.4 is 5.32 Å². The summed E-state index contributed by atoms with van der Waals surface area (Å²) in [6, 6.07) is 8.59. The summed E-state index contributed by atoms with van der Waals surface area (Å²) in [4.78, 5) is 25.6. The monoisotopic (exact) mass is 585 g/mol. The van der Waals surface area contributed by atoms with Crippen LogP contribution in [0.25, 0.3) is 0 Å².